The van der Waals surface area contributed by atoms with E-state index >= 15 is 0 Å². The zero-order chi connectivity index (χ0) is 28.7. The van der Waals surface area contributed by atoms with Crippen molar-refractivity contribution < 1.29 is 4.42 Å². The largest absolute Gasteiger partial charge is 0.463 e. The first-order valence-corrected chi connectivity index (χ1v) is 18.6. The minimum absolute atomic E-state index is 0.0230. The molecule has 3 heteroatoms. The smallest absolute Gasteiger partial charge is 0.168 e. The molecule has 2 aliphatic rings. The van der Waals surface area contributed by atoms with E-state index in [-0.39, 0.29) is 5.41 Å². The average Bonchev–Trinajstić information content (AvgIpc) is 3.47. The third-order valence-corrected chi connectivity index (χ3v) is 16.6. The molecule has 0 aliphatic heterocycles. The Morgan fingerprint density at radius 2 is 1.33 bits per heavy atom. The molecule has 2 aliphatic carbocycles. The zero-order valence-corrected chi connectivity index (χ0v) is 26.7. The Hall–Kier alpha value is -3.17. The number of benzene rings is 3. The summed E-state index contributed by atoms with van der Waals surface area (Å²) in [5.74, 6) is 0. The minimum Gasteiger partial charge on any atom is -0.463 e. The van der Waals surface area contributed by atoms with Crippen LogP contribution in [0.2, 0.25) is 11.1 Å². The van der Waals surface area contributed by atoms with E-state index < -0.39 is 8.07 Å². The van der Waals surface area contributed by atoms with E-state index in [1.165, 1.54) is 91.3 Å². The van der Waals surface area contributed by atoms with Crippen LogP contribution in [-0.4, -0.2) is 13.1 Å². The summed E-state index contributed by atoms with van der Waals surface area (Å²) in [5.41, 5.74) is 5.98. The van der Waals surface area contributed by atoms with Gasteiger partial charge in [0.05, 0.1) is 5.38 Å². The zero-order valence-electron chi connectivity index (χ0n) is 25.7. The van der Waals surface area contributed by atoms with Gasteiger partial charge in [0.2, 0.25) is 0 Å². The molecule has 0 amide bonds. The number of hydrogen-bond donors (Lipinski definition) is 0. The number of nitrogens with zero attached hydrogens (tertiary/aromatic N) is 1. The van der Waals surface area contributed by atoms with Crippen LogP contribution in [0.4, 0.5) is 0 Å². The van der Waals surface area contributed by atoms with E-state index in [0.717, 1.165) is 27.9 Å². The van der Waals surface area contributed by atoms with E-state index in [1.807, 2.05) is 6.20 Å². The van der Waals surface area contributed by atoms with Crippen LogP contribution in [0, 0.1) is 0 Å². The van der Waals surface area contributed by atoms with Gasteiger partial charge in [-0.3, -0.25) is 4.98 Å². The summed E-state index contributed by atoms with van der Waals surface area (Å²) < 4.78 is 7.32. The second-order valence-corrected chi connectivity index (χ2v) is 18.5. The monoisotopic (exact) mass is 571 g/mol. The number of fused-ring (bicyclic) bond motifs is 2. The van der Waals surface area contributed by atoms with Crippen LogP contribution < -0.4 is 10.6 Å². The summed E-state index contributed by atoms with van der Waals surface area (Å²) in [4.78, 5) is 5.02. The van der Waals surface area contributed by atoms with Gasteiger partial charge in [-0.1, -0.05) is 140 Å². The van der Waals surface area contributed by atoms with Crippen LogP contribution in [0.5, 0.6) is 0 Å². The molecule has 2 aromatic heterocycles. The van der Waals surface area contributed by atoms with Gasteiger partial charge in [0.15, 0.2) is 13.7 Å². The van der Waals surface area contributed by atoms with Crippen LogP contribution >= 0.6 is 0 Å². The van der Waals surface area contributed by atoms with Crippen molar-refractivity contribution in [1.29, 1.82) is 0 Å². The Morgan fingerprint density at radius 3 is 2.00 bits per heavy atom. The van der Waals surface area contributed by atoms with Gasteiger partial charge in [-0.25, -0.2) is 0 Å². The minimum atomic E-state index is -2.23. The number of aromatic nitrogens is 1. The van der Waals surface area contributed by atoms with E-state index in [9.17, 15) is 0 Å². The Morgan fingerprint density at radius 1 is 0.690 bits per heavy atom. The van der Waals surface area contributed by atoms with Crippen molar-refractivity contribution in [2.45, 2.75) is 101 Å². The molecule has 0 N–H and O–H groups in total. The number of hydrogen-bond acceptors (Lipinski definition) is 2. The molecular weight excluding hydrogens is 527 g/mol. The molecule has 216 valence electrons. The summed E-state index contributed by atoms with van der Waals surface area (Å²) in [7, 11) is -2.23. The third-order valence-electron chi connectivity index (χ3n) is 10.5. The summed E-state index contributed by atoms with van der Waals surface area (Å²) >= 11 is 0. The second-order valence-electron chi connectivity index (χ2n) is 14.1. The van der Waals surface area contributed by atoms with E-state index in [4.69, 9.17) is 9.40 Å². The molecule has 2 saturated carbocycles. The van der Waals surface area contributed by atoms with Crippen LogP contribution in [0.25, 0.3) is 33.0 Å². The van der Waals surface area contributed by atoms with Crippen LogP contribution in [0.3, 0.4) is 0 Å². The Balaban J connectivity index is 1.47. The number of furan rings is 1. The highest BCUT2D eigenvalue weighted by Gasteiger charge is 2.53. The molecule has 0 unspecified atom stereocenters. The lowest BCUT2D eigenvalue weighted by molar-refractivity contribution is 0.455. The van der Waals surface area contributed by atoms with E-state index in [2.05, 4.69) is 99.6 Å². The summed E-state index contributed by atoms with van der Waals surface area (Å²) in [6.07, 6.45) is 15.6. The lowest BCUT2D eigenvalue weighted by Crippen LogP contribution is -2.65. The van der Waals surface area contributed by atoms with E-state index in [1.54, 1.807) is 5.19 Å². The fraction of sp³-hybridized carbons (Fsp3) is 0.410. The van der Waals surface area contributed by atoms with Gasteiger partial charge in [-0.2, -0.15) is 0 Å². The number of rotatable bonds is 5. The Labute approximate surface area is 252 Å². The molecule has 0 atom stereocenters. The molecule has 2 nitrogen and oxygen atoms in total. The highest BCUT2D eigenvalue weighted by molar-refractivity contribution is 7.03. The highest BCUT2D eigenvalue weighted by Crippen LogP contribution is 2.48. The van der Waals surface area contributed by atoms with Gasteiger partial charge in [0.1, 0.15) is 5.69 Å². The maximum atomic E-state index is 7.32. The molecule has 0 saturated heterocycles. The average molecular weight is 572 g/mol. The molecule has 0 spiro atoms. The quantitative estimate of drug-likeness (QED) is 0.196. The van der Waals surface area contributed by atoms with Gasteiger partial charge < -0.3 is 4.42 Å². The first kappa shape index (κ1) is 27.6. The highest BCUT2D eigenvalue weighted by atomic mass is 28.3. The standard InChI is InChI=1S/C39H45NOSi/c1-39(2,3)35-26-30(25-28-15-13-14-22-34(28)35)37-38-29(23-24-40-37)27-36(41-38)42(31-16-7-4-8-17-31,32-18-9-5-10-19-32)33-20-11-6-12-21-33/h4,7-8,13-17,22-27,32-33H,5-6,9-12,18-21H2,1-3H3. The summed E-state index contributed by atoms with van der Waals surface area (Å²) in [6.45, 7) is 6.93. The van der Waals surface area contributed by atoms with Crippen molar-refractivity contribution in [3.05, 3.63) is 90.6 Å². The predicted octanol–water partition coefficient (Wildman–Crippen LogP) is 10.2. The van der Waals surface area contributed by atoms with Crippen molar-refractivity contribution in [3.8, 4) is 11.3 Å². The van der Waals surface area contributed by atoms with Gasteiger partial charge in [0.25, 0.3) is 0 Å². The first-order chi connectivity index (χ1) is 20.5. The maximum absolute atomic E-state index is 7.32. The normalized spacial score (nSPS) is 17.7. The van der Waals surface area contributed by atoms with Gasteiger partial charge in [0, 0.05) is 17.1 Å². The summed E-state index contributed by atoms with van der Waals surface area (Å²) in [6, 6.07) is 29.8. The van der Waals surface area contributed by atoms with Crippen molar-refractivity contribution in [1.82, 2.24) is 4.98 Å². The van der Waals surface area contributed by atoms with Gasteiger partial charge in [-0.15, -0.1) is 0 Å². The lowest BCUT2D eigenvalue weighted by atomic mass is 9.82. The molecule has 3 aromatic carbocycles. The first-order valence-electron chi connectivity index (χ1n) is 16.4. The van der Waals surface area contributed by atoms with Gasteiger partial charge in [-0.05, 0) is 62.3 Å². The van der Waals surface area contributed by atoms with Crippen LogP contribution in [0.15, 0.2) is 89.5 Å². The number of pyridine rings is 1. The topological polar surface area (TPSA) is 26.0 Å². The Kier molecular flexibility index (Phi) is 7.34. The molecule has 0 radical (unpaired) electrons. The van der Waals surface area contributed by atoms with Crippen LogP contribution in [0.1, 0.15) is 90.5 Å². The van der Waals surface area contributed by atoms with Gasteiger partial charge >= 0.3 is 0 Å². The molecule has 7 rings (SSSR count). The predicted molar refractivity (Wildman–Crippen MR) is 181 cm³/mol. The lowest BCUT2D eigenvalue weighted by Gasteiger charge is -2.46. The fourth-order valence-corrected chi connectivity index (χ4v) is 15.4. The maximum Gasteiger partial charge on any atom is 0.168 e. The molecule has 0 bridgehead atoms. The van der Waals surface area contributed by atoms with Crippen LogP contribution in [-0.2, 0) is 5.41 Å². The SMILES string of the molecule is CC(C)(C)c1cc(-c2nccc3cc([Si](c4ccccc4)(C4CCCCC4)C4CCCCC4)oc23)cc2ccccc12. The van der Waals surface area contributed by atoms with Crippen molar-refractivity contribution in [2.24, 2.45) is 0 Å². The fourth-order valence-electron chi connectivity index (χ4n) is 8.62. The second kappa shape index (κ2) is 11.2. The molecule has 42 heavy (non-hydrogen) atoms. The van der Waals surface area contributed by atoms with E-state index in [0.29, 0.717) is 0 Å². The third kappa shape index (κ3) is 4.74. The van der Waals surface area contributed by atoms with Crippen molar-refractivity contribution in [3.63, 3.8) is 0 Å². The molecule has 2 fully saturated rings. The molecule has 5 aromatic rings. The molecular formula is C39H45NOSi. The van der Waals surface area contributed by atoms with Crippen molar-refractivity contribution in [2.75, 3.05) is 0 Å². The van der Waals surface area contributed by atoms with Crippen molar-refractivity contribution >= 4 is 40.4 Å². The Bertz CT molecular complexity index is 1660. The summed E-state index contributed by atoms with van der Waals surface area (Å²) in [5, 5.41) is 6.71. The molecule has 2 heterocycles.